The van der Waals surface area contributed by atoms with Gasteiger partial charge in [-0.25, -0.2) is 4.79 Å². The quantitative estimate of drug-likeness (QED) is 0.726. The van der Waals surface area contributed by atoms with Gasteiger partial charge in [-0.15, -0.1) is 0 Å². The molecule has 0 heterocycles. The first kappa shape index (κ1) is 14.3. The minimum absolute atomic E-state index is 0.115. The van der Waals surface area contributed by atoms with Gasteiger partial charge in [-0.3, -0.25) is 0 Å². The summed E-state index contributed by atoms with van der Waals surface area (Å²) in [5.41, 5.74) is 5.96. The maximum atomic E-state index is 10.4. The first-order chi connectivity index (χ1) is 8.65. The summed E-state index contributed by atoms with van der Waals surface area (Å²) in [6.45, 7) is 5.42. The Morgan fingerprint density at radius 2 is 2.17 bits per heavy atom. The minimum atomic E-state index is -0.751. The second kappa shape index (κ2) is 7.55. The monoisotopic (exact) mass is 252 g/mol. The number of carbonyl (C=O) groups is 1. The van der Waals surface area contributed by atoms with E-state index in [-0.39, 0.29) is 12.6 Å². The molecular weight excluding hydrogens is 232 g/mol. The van der Waals surface area contributed by atoms with Crippen LogP contribution in [0.1, 0.15) is 25.5 Å². The van der Waals surface area contributed by atoms with Crippen molar-refractivity contribution in [3.05, 3.63) is 29.8 Å². The van der Waals surface area contributed by atoms with Crippen molar-refractivity contribution in [1.29, 1.82) is 0 Å². The minimum Gasteiger partial charge on any atom is -0.494 e. The Hall–Kier alpha value is -1.75. The third-order valence-corrected chi connectivity index (χ3v) is 2.48. The molecule has 5 heteroatoms. The van der Waals surface area contributed by atoms with E-state index in [0.29, 0.717) is 13.2 Å². The number of nitrogens with one attached hydrogen (secondary N) is 1. The van der Waals surface area contributed by atoms with Crippen LogP contribution in [0.2, 0.25) is 0 Å². The number of hydrogen-bond donors (Lipinski definition) is 2. The molecule has 0 radical (unpaired) electrons. The highest BCUT2D eigenvalue weighted by Gasteiger charge is 2.10. The van der Waals surface area contributed by atoms with Crippen molar-refractivity contribution in [3.8, 4) is 5.75 Å². The Bertz CT molecular complexity index is 382. The first-order valence-corrected chi connectivity index (χ1v) is 6.02. The van der Waals surface area contributed by atoms with E-state index >= 15 is 0 Å². The van der Waals surface area contributed by atoms with E-state index in [2.05, 4.69) is 10.1 Å². The molecule has 0 spiro atoms. The largest absolute Gasteiger partial charge is 0.494 e. The molecule has 0 aromatic heterocycles. The van der Waals surface area contributed by atoms with Gasteiger partial charge in [-0.2, -0.15) is 0 Å². The number of benzene rings is 1. The Morgan fingerprint density at radius 3 is 2.83 bits per heavy atom. The van der Waals surface area contributed by atoms with Gasteiger partial charge in [0, 0.05) is 18.2 Å². The fraction of sp³-hybridized carbons (Fsp3) is 0.462. The molecule has 0 aliphatic carbocycles. The van der Waals surface area contributed by atoms with Crippen molar-refractivity contribution in [1.82, 2.24) is 5.32 Å². The number of primary amides is 1. The Labute approximate surface area is 107 Å². The fourth-order valence-corrected chi connectivity index (χ4v) is 1.66. The van der Waals surface area contributed by atoms with Crippen LogP contribution in [0.4, 0.5) is 4.79 Å². The number of hydrogen-bond acceptors (Lipinski definition) is 4. The zero-order chi connectivity index (χ0) is 13.4. The van der Waals surface area contributed by atoms with Gasteiger partial charge in [-0.1, -0.05) is 18.2 Å². The van der Waals surface area contributed by atoms with Gasteiger partial charge in [0.1, 0.15) is 12.4 Å². The summed E-state index contributed by atoms with van der Waals surface area (Å²) in [7, 11) is 0. The highest BCUT2D eigenvalue weighted by Crippen LogP contribution is 2.24. The van der Waals surface area contributed by atoms with Crippen LogP contribution in [0.3, 0.4) is 0 Å². The standard InChI is InChI=1S/C13H20N2O3/c1-3-17-12-7-5-4-6-11(12)10(2)15-8-9-18-13(14)16/h4-7,10,15H,3,8-9H2,1-2H3,(H2,14,16). The fourth-order valence-electron chi connectivity index (χ4n) is 1.66. The second-order valence-corrected chi connectivity index (χ2v) is 3.81. The summed E-state index contributed by atoms with van der Waals surface area (Å²) in [6.07, 6.45) is -0.751. The van der Waals surface area contributed by atoms with Crippen molar-refractivity contribution in [2.75, 3.05) is 19.8 Å². The third kappa shape index (κ3) is 4.63. The molecule has 0 fully saturated rings. The van der Waals surface area contributed by atoms with Crippen molar-refractivity contribution in [3.63, 3.8) is 0 Å². The topological polar surface area (TPSA) is 73.6 Å². The lowest BCUT2D eigenvalue weighted by Crippen LogP contribution is -2.26. The zero-order valence-electron chi connectivity index (χ0n) is 10.8. The first-order valence-electron chi connectivity index (χ1n) is 6.02. The molecule has 1 rings (SSSR count). The van der Waals surface area contributed by atoms with Gasteiger partial charge >= 0.3 is 6.09 Å². The summed E-state index contributed by atoms with van der Waals surface area (Å²) in [4.78, 5) is 10.4. The molecule has 0 aliphatic heterocycles. The summed E-state index contributed by atoms with van der Waals surface area (Å²) in [5, 5.41) is 3.24. The average molecular weight is 252 g/mol. The van der Waals surface area contributed by atoms with Crippen molar-refractivity contribution >= 4 is 6.09 Å². The van der Waals surface area contributed by atoms with Crippen LogP contribution in [0.25, 0.3) is 0 Å². The van der Waals surface area contributed by atoms with E-state index in [4.69, 9.17) is 10.5 Å². The number of rotatable bonds is 7. The predicted octanol–water partition coefficient (Wildman–Crippen LogP) is 1.83. The summed E-state index contributed by atoms with van der Waals surface area (Å²) in [5.74, 6) is 0.871. The molecule has 1 amide bonds. The van der Waals surface area contributed by atoms with Gasteiger partial charge in [0.05, 0.1) is 6.61 Å². The molecule has 1 atom stereocenters. The zero-order valence-corrected chi connectivity index (χ0v) is 10.8. The van der Waals surface area contributed by atoms with Gasteiger partial charge < -0.3 is 20.5 Å². The summed E-state index contributed by atoms with van der Waals surface area (Å²) >= 11 is 0. The molecule has 1 unspecified atom stereocenters. The second-order valence-electron chi connectivity index (χ2n) is 3.81. The predicted molar refractivity (Wildman–Crippen MR) is 69.6 cm³/mol. The van der Waals surface area contributed by atoms with E-state index in [1.165, 1.54) is 0 Å². The van der Waals surface area contributed by atoms with Crippen LogP contribution in [-0.4, -0.2) is 25.9 Å². The molecule has 0 saturated heterocycles. The number of amides is 1. The lowest BCUT2D eigenvalue weighted by molar-refractivity contribution is 0.156. The van der Waals surface area contributed by atoms with E-state index in [0.717, 1.165) is 11.3 Å². The molecule has 100 valence electrons. The molecule has 18 heavy (non-hydrogen) atoms. The van der Waals surface area contributed by atoms with Crippen molar-refractivity contribution in [2.24, 2.45) is 5.73 Å². The number of nitrogens with two attached hydrogens (primary N) is 1. The third-order valence-electron chi connectivity index (χ3n) is 2.48. The molecule has 0 bridgehead atoms. The van der Waals surface area contributed by atoms with Crippen LogP contribution in [0, 0.1) is 0 Å². The molecule has 1 aromatic rings. The Kier molecular flexibility index (Phi) is 6.00. The van der Waals surface area contributed by atoms with Gasteiger partial charge in [-0.05, 0) is 19.9 Å². The van der Waals surface area contributed by atoms with Crippen LogP contribution in [0.15, 0.2) is 24.3 Å². The van der Waals surface area contributed by atoms with Crippen molar-refractivity contribution in [2.45, 2.75) is 19.9 Å². The van der Waals surface area contributed by atoms with Crippen LogP contribution < -0.4 is 15.8 Å². The summed E-state index contributed by atoms with van der Waals surface area (Å²) < 4.78 is 10.2. The Morgan fingerprint density at radius 1 is 1.44 bits per heavy atom. The molecule has 1 aromatic carbocycles. The van der Waals surface area contributed by atoms with Gasteiger partial charge in [0.25, 0.3) is 0 Å². The van der Waals surface area contributed by atoms with Crippen LogP contribution in [-0.2, 0) is 4.74 Å². The average Bonchev–Trinajstić information content (AvgIpc) is 2.35. The highest BCUT2D eigenvalue weighted by atomic mass is 16.5. The molecular formula is C13H20N2O3. The summed E-state index contributed by atoms with van der Waals surface area (Å²) in [6, 6.07) is 7.98. The highest BCUT2D eigenvalue weighted by molar-refractivity contribution is 5.64. The van der Waals surface area contributed by atoms with E-state index in [1.807, 2.05) is 38.1 Å². The van der Waals surface area contributed by atoms with Gasteiger partial charge in [0.2, 0.25) is 0 Å². The molecule has 0 aliphatic rings. The molecule has 5 nitrogen and oxygen atoms in total. The number of ether oxygens (including phenoxy) is 2. The van der Waals surface area contributed by atoms with E-state index < -0.39 is 6.09 Å². The van der Waals surface area contributed by atoms with Crippen LogP contribution in [0.5, 0.6) is 5.75 Å². The smallest absolute Gasteiger partial charge is 0.404 e. The maximum Gasteiger partial charge on any atom is 0.404 e. The lowest BCUT2D eigenvalue weighted by atomic mass is 10.1. The Balaban J connectivity index is 2.50. The maximum absolute atomic E-state index is 10.4. The lowest BCUT2D eigenvalue weighted by Gasteiger charge is -2.17. The SMILES string of the molecule is CCOc1ccccc1C(C)NCCOC(N)=O. The number of para-hydroxylation sites is 1. The van der Waals surface area contributed by atoms with Crippen LogP contribution >= 0.6 is 0 Å². The molecule has 0 saturated carbocycles. The number of carbonyl (C=O) groups excluding carboxylic acids is 1. The van der Waals surface area contributed by atoms with E-state index in [1.54, 1.807) is 0 Å². The normalized spacial score (nSPS) is 11.9. The molecule has 3 N–H and O–H groups in total. The van der Waals surface area contributed by atoms with Gasteiger partial charge in [0.15, 0.2) is 0 Å². The van der Waals surface area contributed by atoms with Crippen molar-refractivity contribution < 1.29 is 14.3 Å². The van der Waals surface area contributed by atoms with E-state index in [9.17, 15) is 4.79 Å².